The Morgan fingerprint density at radius 1 is 1.09 bits per heavy atom. The van der Waals surface area contributed by atoms with Gasteiger partial charge in [0.25, 0.3) is 21.7 Å². The molecule has 18 heteroatoms. The van der Waals surface area contributed by atoms with Crippen LogP contribution in [0.2, 0.25) is 0 Å². The molecular weight excluding hydrogens is 564 g/mol. The van der Waals surface area contributed by atoms with Crippen molar-refractivity contribution in [1.82, 2.24) is 35.0 Å². The molecule has 1 N–H and O–H groups in total. The Hall–Kier alpha value is -3.15. The molecule has 34 heavy (non-hydrogen) atoms. The number of carbonyl (C=O) groups excluding carboxylic acids is 1. The number of rotatable bonds is 5. The van der Waals surface area contributed by atoms with Gasteiger partial charge in [-0.2, -0.15) is 31.0 Å². The van der Waals surface area contributed by atoms with Crippen LogP contribution in [0.15, 0.2) is 40.4 Å². The molecule has 1 amide bonds. The van der Waals surface area contributed by atoms with E-state index >= 15 is 0 Å². The number of carbonyl (C=O) groups is 1. The van der Waals surface area contributed by atoms with Gasteiger partial charge in [0.2, 0.25) is 4.73 Å². The average molecular weight is 574 g/mol. The van der Waals surface area contributed by atoms with Gasteiger partial charge < -0.3 is 5.32 Å². The highest BCUT2D eigenvalue weighted by molar-refractivity contribution is 9.10. The first kappa shape index (κ1) is 25.5. The fraction of sp³-hybridized carbons (Fsp3) is 0.250. The number of nitrogens with one attached hydrogen (secondary N) is 1. The molecule has 10 nitrogen and oxygen atoms in total. The molecule has 0 radical (unpaired) electrons. The molecule has 182 valence electrons. The van der Waals surface area contributed by atoms with Crippen molar-refractivity contribution < 1.29 is 39.6 Å². The first-order valence-electron chi connectivity index (χ1n) is 8.72. The highest BCUT2D eigenvalue weighted by Gasteiger charge is 2.49. The molecule has 0 aromatic carbocycles. The van der Waals surface area contributed by atoms with E-state index < -0.39 is 49.8 Å². The third kappa shape index (κ3) is 5.16. The van der Waals surface area contributed by atoms with E-state index in [1.54, 1.807) is 0 Å². The maximum absolute atomic E-state index is 13.2. The van der Waals surface area contributed by atoms with Crippen molar-refractivity contribution in [2.75, 3.05) is 0 Å². The van der Waals surface area contributed by atoms with Gasteiger partial charge in [0.05, 0.1) is 6.04 Å². The molecular formula is C16H10BrF6N7O3S. The van der Waals surface area contributed by atoms with Crippen LogP contribution in [0.1, 0.15) is 34.8 Å². The summed E-state index contributed by atoms with van der Waals surface area (Å²) in [6.45, 7) is 1.34. The maximum Gasteiger partial charge on any atom is 0.503 e. The van der Waals surface area contributed by atoms with Crippen molar-refractivity contribution in [2.45, 2.75) is 29.7 Å². The second kappa shape index (κ2) is 8.90. The summed E-state index contributed by atoms with van der Waals surface area (Å²) in [7, 11) is -6.28. The van der Waals surface area contributed by atoms with Gasteiger partial charge in [0, 0.05) is 18.0 Å². The summed E-state index contributed by atoms with van der Waals surface area (Å²) in [4.78, 5) is 27.1. The van der Waals surface area contributed by atoms with Crippen LogP contribution in [0.4, 0.5) is 26.3 Å². The predicted octanol–water partition coefficient (Wildman–Crippen LogP) is 3.02. The molecule has 3 rings (SSSR count). The van der Waals surface area contributed by atoms with Gasteiger partial charge in [-0.3, -0.25) is 4.79 Å². The van der Waals surface area contributed by atoms with E-state index in [9.17, 15) is 39.6 Å². The minimum atomic E-state index is -6.28. The Bertz CT molecular complexity index is 1330. The van der Waals surface area contributed by atoms with Crippen molar-refractivity contribution >= 4 is 31.7 Å². The topological polar surface area (TPSA) is 133 Å². The summed E-state index contributed by atoms with van der Waals surface area (Å²) in [6.07, 6.45) is -2.58. The Kier molecular flexibility index (Phi) is 6.66. The fourth-order valence-corrected chi connectivity index (χ4v) is 3.59. The molecule has 3 aromatic rings. The monoisotopic (exact) mass is 573 g/mol. The van der Waals surface area contributed by atoms with Crippen LogP contribution in [-0.2, 0) is 16.0 Å². The van der Waals surface area contributed by atoms with Gasteiger partial charge in [-0.15, -0.1) is 5.10 Å². The molecule has 0 saturated heterocycles. The van der Waals surface area contributed by atoms with E-state index in [-0.39, 0.29) is 28.6 Å². The summed E-state index contributed by atoms with van der Waals surface area (Å²) in [5, 5.41) is 4.23. The number of amides is 1. The van der Waals surface area contributed by atoms with Gasteiger partial charge in [-0.1, -0.05) is 0 Å². The van der Waals surface area contributed by atoms with Crippen LogP contribution in [-0.4, -0.2) is 49.5 Å². The third-order valence-electron chi connectivity index (χ3n) is 4.02. The number of aromatic nitrogens is 6. The van der Waals surface area contributed by atoms with Crippen molar-refractivity contribution in [2.24, 2.45) is 0 Å². The van der Waals surface area contributed by atoms with Crippen LogP contribution < -0.4 is 5.32 Å². The second-order valence-electron chi connectivity index (χ2n) is 6.42. The quantitative estimate of drug-likeness (QED) is 0.460. The largest absolute Gasteiger partial charge is 0.503 e. The molecule has 1 unspecified atom stereocenters. The van der Waals surface area contributed by atoms with Crippen molar-refractivity contribution in [3.05, 3.63) is 52.4 Å². The van der Waals surface area contributed by atoms with Crippen LogP contribution in [0.3, 0.4) is 0 Å². The summed E-state index contributed by atoms with van der Waals surface area (Å²) in [5.74, 6) is -1.31. The van der Waals surface area contributed by atoms with E-state index in [2.05, 4.69) is 46.3 Å². The zero-order valence-electron chi connectivity index (χ0n) is 16.4. The Morgan fingerprint density at radius 3 is 2.26 bits per heavy atom. The molecule has 3 heterocycles. The first-order valence-corrected chi connectivity index (χ1v) is 11.0. The van der Waals surface area contributed by atoms with E-state index in [0.717, 1.165) is 4.68 Å². The van der Waals surface area contributed by atoms with E-state index in [0.29, 0.717) is 0 Å². The van der Waals surface area contributed by atoms with E-state index in [1.807, 2.05) is 0 Å². The molecule has 1 atom stereocenters. The molecule has 0 aliphatic carbocycles. The Morgan fingerprint density at radius 2 is 1.71 bits per heavy atom. The lowest BCUT2D eigenvalue weighted by Gasteiger charge is -2.16. The van der Waals surface area contributed by atoms with Crippen LogP contribution >= 0.6 is 15.9 Å². The van der Waals surface area contributed by atoms with Gasteiger partial charge in [0.15, 0.2) is 10.9 Å². The smallest absolute Gasteiger partial charge is 0.342 e. The SMILES string of the molecule is CC(NC(=O)c1cc(C(F)(F)F)nc(S(=O)(=O)C(F)(F)F)c1)c1nc(Br)nn1-c1ncccn1. The standard InChI is InChI=1S/C16H10BrF6N7O3S/c1-7(11-28-13(17)29-30(11)14-24-3-2-4-25-14)26-12(31)8-5-9(15(18,19)20)27-10(6-8)34(32,33)16(21,22)23/h2-7H,1H3,(H,26,31). The van der Waals surface area contributed by atoms with E-state index in [1.165, 1.54) is 25.4 Å². The number of pyridine rings is 1. The van der Waals surface area contributed by atoms with Gasteiger partial charge in [-0.25, -0.2) is 28.4 Å². The molecule has 0 aliphatic rings. The summed E-state index contributed by atoms with van der Waals surface area (Å²) >= 11 is 3.02. The zero-order chi connectivity index (χ0) is 25.5. The number of nitrogens with zero attached hydrogens (tertiary/aromatic N) is 6. The first-order chi connectivity index (χ1) is 15.6. The fourth-order valence-electron chi connectivity index (χ4n) is 2.51. The summed E-state index contributed by atoms with van der Waals surface area (Å²) in [6, 6.07) is 0.633. The van der Waals surface area contributed by atoms with Crippen LogP contribution in [0, 0.1) is 0 Å². The molecule has 3 aromatic heterocycles. The molecule has 0 bridgehead atoms. The second-order valence-corrected chi connectivity index (χ2v) is 9.02. The summed E-state index contributed by atoms with van der Waals surface area (Å²) < 4.78 is 102. The van der Waals surface area contributed by atoms with Crippen molar-refractivity contribution in [3.8, 4) is 5.95 Å². The molecule has 0 aliphatic heterocycles. The normalized spacial score (nSPS) is 13.5. The van der Waals surface area contributed by atoms with Crippen LogP contribution in [0.25, 0.3) is 5.95 Å². The summed E-state index contributed by atoms with van der Waals surface area (Å²) in [5.41, 5.74) is -8.97. The zero-order valence-corrected chi connectivity index (χ0v) is 18.8. The number of hydrogen-bond acceptors (Lipinski definition) is 8. The minimum absolute atomic E-state index is 0.000312. The maximum atomic E-state index is 13.2. The Balaban J connectivity index is 2.01. The van der Waals surface area contributed by atoms with Crippen LogP contribution in [0.5, 0.6) is 0 Å². The lowest BCUT2D eigenvalue weighted by molar-refractivity contribution is -0.141. The number of alkyl halides is 6. The third-order valence-corrected chi connectivity index (χ3v) is 5.72. The number of sulfone groups is 1. The van der Waals surface area contributed by atoms with Gasteiger partial charge in [-0.05, 0) is 41.1 Å². The van der Waals surface area contributed by atoms with E-state index in [4.69, 9.17) is 0 Å². The van der Waals surface area contributed by atoms with Crippen molar-refractivity contribution in [1.29, 1.82) is 0 Å². The molecule has 0 spiro atoms. The molecule has 0 fully saturated rings. The van der Waals surface area contributed by atoms with Gasteiger partial charge >= 0.3 is 11.7 Å². The predicted molar refractivity (Wildman–Crippen MR) is 103 cm³/mol. The Labute approximate surface area is 194 Å². The highest BCUT2D eigenvalue weighted by Crippen LogP contribution is 2.34. The number of halogens is 7. The highest BCUT2D eigenvalue weighted by atomic mass is 79.9. The van der Waals surface area contributed by atoms with Crippen molar-refractivity contribution in [3.63, 3.8) is 0 Å². The minimum Gasteiger partial charge on any atom is -0.342 e. The lowest BCUT2D eigenvalue weighted by Crippen LogP contribution is -2.30. The lowest BCUT2D eigenvalue weighted by atomic mass is 10.2. The molecule has 0 saturated carbocycles. The average Bonchev–Trinajstić information content (AvgIpc) is 3.14. The van der Waals surface area contributed by atoms with Gasteiger partial charge in [0.1, 0.15) is 5.69 Å². The number of hydrogen-bond donors (Lipinski definition) is 1.